The van der Waals surface area contributed by atoms with Crippen LogP contribution < -0.4 is 10.5 Å². The van der Waals surface area contributed by atoms with Gasteiger partial charge in [0.2, 0.25) is 0 Å². The highest BCUT2D eigenvalue weighted by atomic mass is 16.5. The Bertz CT molecular complexity index is 453. The van der Waals surface area contributed by atoms with Crippen molar-refractivity contribution < 1.29 is 9.84 Å². The number of aromatic amines is 1. The lowest BCUT2D eigenvalue weighted by atomic mass is 10.3. The van der Waals surface area contributed by atoms with Gasteiger partial charge in [0, 0.05) is 12.1 Å². The van der Waals surface area contributed by atoms with E-state index in [-0.39, 0.29) is 5.75 Å². The zero-order valence-corrected chi connectivity index (χ0v) is 7.97. The molecule has 0 spiro atoms. The van der Waals surface area contributed by atoms with Crippen LogP contribution in [0.5, 0.6) is 11.5 Å². The molecule has 5 nitrogen and oxygen atoms in total. The second-order valence-corrected chi connectivity index (χ2v) is 3.10. The molecule has 1 aromatic heterocycles. The van der Waals surface area contributed by atoms with Crippen LogP contribution in [0, 0.1) is 0 Å². The van der Waals surface area contributed by atoms with Crippen LogP contribution in [-0.2, 0) is 6.61 Å². The minimum Gasteiger partial charge on any atom is -0.508 e. The predicted molar refractivity (Wildman–Crippen MR) is 55.4 cm³/mol. The van der Waals surface area contributed by atoms with Gasteiger partial charge in [-0.25, -0.2) is 0 Å². The summed E-state index contributed by atoms with van der Waals surface area (Å²) in [5, 5.41) is 15.7. The fraction of sp³-hybridized carbons (Fsp3) is 0.100. The average molecular weight is 205 g/mol. The van der Waals surface area contributed by atoms with E-state index in [2.05, 4.69) is 10.2 Å². The second kappa shape index (κ2) is 3.91. The number of ether oxygens (including phenoxy) is 1. The molecule has 0 saturated carbocycles. The van der Waals surface area contributed by atoms with Gasteiger partial charge in [-0.3, -0.25) is 5.10 Å². The lowest BCUT2D eigenvalue weighted by molar-refractivity contribution is 0.299. The van der Waals surface area contributed by atoms with Crippen LogP contribution in [0.3, 0.4) is 0 Å². The maximum Gasteiger partial charge on any atom is 0.145 e. The van der Waals surface area contributed by atoms with Crippen molar-refractivity contribution in [2.75, 3.05) is 5.73 Å². The maximum absolute atomic E-state index is 9.19. The van der Waals surface area contributed by atoms with Crippen LogP contribution in [-0.4, -0.2) is 15.3 Å². The number of rotatable bonds is 3. The number of nitrogens with two attached hydrogens (primary N) is 1. The van der Waals surface area contributed by atoms with Gasteiger partial charge < -0.3 is 15.6 Å². The molecule has 0 saturated heterocycles. The largest absolute Gasteiger partial charge is 0.508 e. The van der Waals surface area contributed by atoms with Crippen molar-refractivity contribution in [2.24, 2.45) is 0 Å². The van der Waals surface area contributed by atoms with Gasteiger partial charge in [0.25, 0.3) is 0 Å². The Balaban J connectivity index is 1.99. The topological polar surface area (TPSA) is 84.2 Å². The molecule has 0 unspecified atom stereocenters. The van der Waals surface area contributed by atoms with E-state index in [0.717, 1.165) is 5.69 Å². The first-order chi connectivity index (χ1) is 7.24. The Morgan fingerprint density at radius 1 is 1.40 bits per heavy atom. The van der Waals surface area contributed by atoms with Gasteiger partial charge in [0.15, 0.2) is 0 Å². The summed E-state index contributed by atoms with van der Waals surface area (Å²) in [5.41, 5.74) is 6.22. The number of anilines is 1. The van der Waals surface area contributed by atoms with Gasteiger partial charge in [0.1, 0.15) is 23.9 Å². The summed E-state index contributed by atoms with van der Waals surface area (Å²) in [4.78, 5) is 0. The van der Waals surface area contributed by atoms with E-state index in [1.165, 1.54) is 0 Å². The fourth-order valence-corrected chi connectivity index (χ4v) is 1.19. The molecule has 0 amide bonds. The first kappa shape index (κ1) is 9.39. The minimum absolute atomic E-state index is 0.177. The van der Waals surface area contributed by atoms with Crippen LogP contribution in [0.25, 0.3) is 0 Å². The molecule has 5 heteroatoms. The predicted octanol–water partition coefficient (Wildman–Crippen LogP) is 1.28. The number of nitrogens with zero attached hydrogens (tertiary/aromatic N) is 1. The summed E-state index contributed by atoms with van der Waals surface area (Å²) in [7, 11) is 0. The number of benzene rings is 1. The number of phenols is 1. The molecule has 0 atom stereocenters. The summed E-state index contributed by atoms with van der Waals surface area (Å²) in [6.45, 7) is 0.341. The third kappa shape index (κ3) is 2.40. The number of aromatic hydroxyl groups is 1. The van der Waals surface area contributed by atoms with E-state index >= 15 is 0 Å². The zero-order valence-electron chi connectivity index (χ0n) is 7.97. The van der Waals surface area contributed by atoms with E-state index in [1.54, 1.807) is 30.3 Å². The molecule has 0 fully saturated rings. The van der Waals surface area contributed by atoms with Crippen molar-refractivity contribution in [1.29, 1.82) is 0 Å². The highest BCUT2D eigenvalue weighted by molar-refractivity contribution is 5.32. The van der Waals surface area contributed by atoms with Gasteiger partial charge in [-0.15, -0.1) is 0 Å². The number of nitrogens with one attached hydrogen (secondary N) is 1. The Hall–Kier alpha value is -2.17. The highest BCUT2D eigenvalue weighted by Gasteiger charge is 1.99. The monoisotopic (exact) mass is 205 g/mol. The third-order valence-corrected chi connectivity index (χ3v) is 1.86. The molecule has 78 valence electrons. The molecule has 2 rings (SSSR count). The summed E-state index contributed by atoms with van der Waals surface area (Å²) < 4.78 is 5.40. The molecule has 2 aromatic rings. The molecular weight excluding hydrogens is 194 g/mol. The van der Waals surface area contributed by atoms with Gasteiger partial charge in [-0.2, -0.15) is 5.10 Å². The van der Waals surface area contributed by atoms with E-state index in [0.29, 0.717) is 18.2 Å². The summed E-state index contributed by atoms with van der Waals surface area (Å²) in [6.07, 6.45) is 0. The molecule has 15 heavy (non-hydrogen) atoms. The number of hydrogen-bond donors (Lipinski definition) is 3. The Labute approximate surface area is 86.5 Å². The normalized spacial score (nSPS) is 10.1. The van der Waals surface area contributed by atoms with Gasteiger partial charge in [-0.05, 0) is 12.1 Å². The lowest BCUT2D eigenvalue weighted by Gasteiger charge is -2.03. The molecule has 1 aromatic carbocycles. The number of nitrogen functional groups attached to an aromatic ring is 1. The van der Waals surface area contributed by atoms with Crippen LogP contribution in [0.4, 0.5) is 5.82 Å². The second-order valence-electron chi connectivity index (χ2n) is 3.10. The Kier molecular flexibility index (Phi) is 2.45. The van der Waals surface area contributed by atoms with Crippen molar-refractivity contribution in [3.63, 3.8) is 0 Å². The van der Waals surface area contributed by atoms with Crippen molar-refractivity contribution in [2.45, 2.75) is 6.61 Å². The molecule has 4 N–H and O–H groups in total. The third-order valence-electron chi connectivity index (χ3n) is 1.86. The summed E-state index contributed by atoms with van der Waals surface area (Å²) in [6, 6.07) is 8.30. The quantitative estimate of drug-likeness (QED) is 0.704. The average Bonchev–Trinajstić information content (AvgIpc) is 2.62. The van der Waals surface area contributed by atoms with E-state index in [9.17, 15) is 5.11 Å². The van der Waals surface area contributed by atoms with E-state index in [1.807, 2.05) is 0 Å². The van der Waals surface area contributed by atoms with Crippen molar-refractivity contribution in [3.05, 3.63) is 36.0 Å². The van der Waals surface area contributed by atoms with Gasteiger partial charge in [0.05, 0.1) is 5.69 Å². The molecular formula is C10H11N3O2. The minimum atomic E-state index is 0.177. The number of aromatic nitrogens is 2. The van der Waals surface area contributed by atoms with E-state index < -0.39 is 0 Å². The molecule has 0 bridgehead atoms. The number of H-pyrrole nitrogens is 1. The van der Waals surface area contributed by atoms with Crippen molar-refractivity contribution >= 4 is 5.82 Å². The molecule has 0 aliphatic carbocycles. The van der Waals surface area contributed by atoms with Crippen LogP contribution in [0.2, 0.25) is 0 Å². The van der Waals surface area contributed by atoms with E-state index in [4.69, 9.17) is 10.5 Å². The van der Waals surface area contributed by atoms with Crippen LogP contribution in [0.1, 0.15) is 5.69 Å². The SMILES string of the molecule is Nc1cc(COc2cccc(O)c2)[nH]n1. The van der Waals surface area contributed by atoms with Gasteiger partial charge >= 0.3 is 0 Å². The van der Waals surface area contributed by atoms with Crippen LogP contribution in [0.15, 0.2) is 30.3 Å². The number of phenolic OH excluding ortho intramolecular Hbond substituents is 1. The molecule has 0 radical (unpaired) electrons. The summed E-state index contributed by atoms with van der Waals surface area (Å²) in [5.74, 6) is 1.21. The fourth-order valence-electron chi connectivity index (χ4n) is 1.19. The van der Waals surface area contributed by atoms with Crippen molar-refractivity contribution in [1.82, 2.24) is 10.2 Å². The zero-order chi connectivity index (χ0) is 10.7. The van der Waals surface area contributed by atoms with Crippen LogP contribution >= 0.6 is 0 Å². The number of hydrogen-bond acceptors (Lipinski definition) is 4. The first-order valence-electron chi connectivity index (χ1n) is 4.45. The highest BCUT2D eigenvalue weighted by Crippen LogP contribution is 2.18. The first-order valence-corrected chi connectivity index (χ1v) is 4.45. The van der Waals surface area contributed by atoms with Gasteiger partial charge in [-0.1, -0.05) is 6.07 Å². The Morgan fingerprint density at radius 2 is 2.27 bits per heavy atom. The molecule has 0 aliphatic heterocycles. The molecule has 1 heterocycles. The smallest absolute Gasteiger partial charge is 0.145 e. The standard InChI is InChI=1S/C10H11N3O2/c11-10-4-7(12-13-10)6-15-9-3-1-2-8(14)5-9/h1-5,14H,6H2,(H3,11,12,13). The molecule has 0 aliphatic rings. The lowest BCUT2D eigenvalue weighted by Crippen LogP contribution is -1.95. The van der Waals surface area contributed by atoms with Crippen molar-refractivity contribution in [3.8, 4) is 11.5 Å². The maximum atomic E-state index is 9.19. The summed E-state index contributed by atoms with van der Waals surface area (Å²) >= 11 is 0. The Morgan fingerprint density at radius 3 is 2.93 bits per heavy atom.